The third-order valence-electron chi connectivity index (χ3n) is 5.79. The third-order valence-corrected chi connectivity index (χ3v) is 13.2. The van der Waals surface area contributed by atoms with Gasteiger partial charge >= 0.3 is 24.5 Å². The van der Waals surface area contributed by atoms with Crippen LogP contribution in [-0.4, -0.2) is 42.1 Å². The third kappa shape index (κ3) is 12.8. The summed E-state index contributed by atoms with van der Waals surface area (Å²) in [4.78, 5) is 0. The zero-order valence-corrected chi connectivity index (χ0v) is 29.0. The molecule has 2 unspecified atom stereocenters. The monoisotopic (exact) mass is 890 g/mol. The number of hydrogen-bond donors (Lipinski definition) is 0. The van der Waals surface area contributed by atoms with Gasteiger partial charge in [0, 0.05) is 22.2 Å². The van der Waals surface area contributed by atoms with Crippen LogP contribution in [0.25, 0.3) is 0 Å². The van der Waals surface area contributed by atoms with Gasteiger partial charge in [-0.05, 0) is 23.3 Å². The standard InChI is InChI=1S/C15H13BrF8O2S.C12H11Br2F3S/c1-2-12(16,27(25,26)8-7-13(17,18)19)9-10-3-5-11(6-4-10)14(20,21)15(22,23)24;1-2-11(14,18-8-7-12(15,16)17)9-3-5-10(13)6-4-9/h2-6H,1,7-9H2;2-6H,1,7-8H2. The minimum absolute atomic E-state index is 0.00378. The highest BCUT2D eigenvalue weighted by atomic mass is 79.9. The Kier molecular flexibility index (Phi) is 14.8. The van der Waals surface area contributed by atoms with Crippen molar-refractivity contribution in [3.05, 3.63) is 95.0 Å². The van der Waals surface area contributed by atoms with E-state index in [1.54, 1.807) is 6.08 Å². The fourth-order valence-corrected chi connectivity index (χ4v) is 7.61. The lowest BCUT2D eigenvalue weighted by Gasteiger charge is -2.25. The molecule has 2 aromatic rings. The van der Waals surface area contributed by atoms with E-state index in [-0.39, 0.29) is 11.3 Å². The Balaban J connectivity index is 0.000000487. The number of rotatable bonds is 12. The van der Waals surface area contributed by atoms with Gasteiger partial charge in [-0.3, -0.25) is 0 Å². The first-order valence-corrected chi connectivity index (χ1v) is 17.2. The van der Waals surface area contributed by atoms with Crippen molar-refractivity contribution in [2.24, 2.45) is 0 Å². The number of benzene rings is 2. The second-order valence-corrected chi connectivity index (χ2v) is 17.5. The number of hydrogen-bond acceptors (Lipinski definition) is 3. The zero-order valence-electron chi connectivity index (χ0n) is 22.6. The van der Waals surface area contributed by atoms with Crippen molar-refractivity contribution in [2.75, 3.05) is 11.5 Å². The number of halogens is 14. The van der Waals surface area contributed by atoms with Crippen LogP contribution in [0.15, 0.2) is 78.3 Å². The maximum atomic E-state index is 13.2. The lowest BCUT2D eigenvalue weighted by molar-refractivity contribution is -0.289. The Morgan fingerprint density at radius 2 is 1.18 bits per heavy atom. The molecular weight excluding hydrogens is 869 g/mol. The molecular formula is C27H24Br3F11O2S2. The Hall–Kier alpha value is -1.11. The van der Waals surface area contributed by atoms with E-state index in [9.17, 15) is 56.7 Å². The van der Waals surface area contributed by atoms with E-state index in [0.29, 0.717) is 12.1 Å². The van der Waals surface area contributed by atoms with Gasteiger partial charge in [-0.15, -0.1) is 24.9 Å². The fraction of sp³-hybridized carbons (Fsp3) is 0.407. The van der Waals surface area contributed by atoms with E-state index in [2.05, 4.69) is 60.9 Å². The van der Waals surface area contributed by atoms with Crippen molar-refractivity contribution in [3.63, 3.8) is 0 Å². The smallest absolute Gasteiger partial charge is 0.227 e. The number of sulfone groups is 1. The molecule has 0 N–H and O–H groups in total. The molecule has 254 valence electrons. The Labute approximate surface area is 282 Å². The molecule has 2 rings (SSSR count). The van der Waals surface area contributed by atoms with Crippen molar-refractivity contribution < 1.29 is 56.7 Å². The van der Waals surface area contributed by atoms with Gasteiger partial charge in [0.25, 0.3) is 0 Å². The van der Waals surface area contributed by atoms with E-state index in [0.717, 1.165) is 28.2 Å². The highest BCUT2D eigenvalue weighted by Gasteiger charge is 2.58. The molecule has 0 aliphatic heterocycles. The summed E-state index contributed by atoms with van der Waals surface area (Å²) in [5.41, 5.74) is -0.477. The Bertz CT molecular complexity index is 1380. The predicted octanol–water partition coefficient (Wildman–Crippen LogP) is 11.4. The first-order valence-electron chi connectivity index (χ1n) is 12.2. The van der Waals surface area contributed by atoms with Crippen LogP contribution in [0.2, 0.25) is 0 Å². The van der Waals surface area contributed by atoms with Crippen LogP contribution in [0.1, 0.15) is 29.5 Å². The average Bonchev–Trinajstić information content (AvgIpc) is 2.91. The van der Waals surface area contributed by atoms with Crippen molar-refractivity contribution in [1.29, 1.82) is 0 Å². The number of thioether (sulfide) groups is 1. The van der Waals surface area contributed by atoms with Gasteiger partial charge in [0.2, 0.25) is 0 Å². The summed E-state index contributed by atoms with van der Waals surface area (Å²) in [5, 5.41) is 0. The summed E-state index contributed by atoms with van der Waals surface area (Å²) in [7, 11) is -4.41. The van der Waals surface area contributed by atoms with Crippen LogP contribution in [0.5, 0.6) is 0 Å². The summed E-state index contributed by atoms with van der Waals surface area (Å²) >= 11 is 10.7. The van der Waals surface area contributed by atoms with Crippen LogP contribution >= 0.6 is 59.6 Å². The molecule has 0 bridgehead atoms. The van der Waals surface area contributed by atoms with E-state index < -0.39 is 72.2 Å². The molecule has 0 heterocycles. The molecule has 0 saturated heterocycles. The lowest BCUT2D eigenvalue weighted by atomic mass is 10.0. The van der Waals surface area contributed by atoms with Gasteiger partial charge in [0.05, 0.1) is 18.6 Å². The summed E-state index contributed by atoms with van der Waals surface area (Å²) in [6, 6.07) is 10.0. The molecule has 2 aromatic carbocycles. The molecule has 0 aromatic heterocycles. The molecule has 18 heteroatoms. The van der Waals surface area contributed by atoms with Crippen molar-refractivity contribution in [1.82, 2.24) is 0 Å². The largest absolute Gasteiger partial charge is 0.458 e. The van der Waals surface area contributed by atoms with Crippen LogP contribution in [-0.2, 0) is 25.8 Å². The van der Waals surface area contributed by atoms with E-state index >= 15 is 0 Å². The molecule has 2 atom stereocenters. The maximum absolute atomic E-state index is 13.2. The quantitative estimate of drug-likeness (QED) is 0.121. The fourth-order valence-electron chi connectivity index (χ4n) is 3.26. The number of alkyl halides is 13. The molecule has 2 nitrogen and oxygen atoms in total. The second-order valence-electron chi connectivity index (χ2n) is 9.19. The van der Waals surface area contributed by atoms with Crippen molar-refractivity contribution >= 4 is 69.4 Å². The molecule has 0 saturated carbocycles. The summed E-state index contributed by atoms with van der Waals surface area (Å²) < 4.78 is 159. The van der Waals surface area contributed by atoms with Crippen molar-refractivity contribution in [2.45, 2.75) is 51.0 Å². The van der Waals surface area contributed by atoms with Gasteiger partial charge in [-0.2, -0.15) is 48.3 Å². The summed E-state index contributed by atoms with van der Waals surface area (Å²) in [6.45, 7) is 6.94. The first kappa shape index (κ1) is 41.9. The molecule has 0 spiro atoms. The lowest BCUT2D eigenvalue weighted by Crippen LogP contribution is -2.36. The normalized spacial score (nSPS) is 15.7. The molecule has 0 aliphatic rings. The Morgan fingerprint density at radius 3 is 1.58 bits per heavy atom. The topological polar surface area (TPSA) is 34.1 Å². The highest BCUT2D eigenvalue weighted by Crippen LogP contribution is 2.46. The minimum atomic E-state index is -5.81. The predicted molar refractivity (Wildman–Crippen MR) is 164 cm³/mol. The van der Waals surface area contributed by atoms with Crippen LogP contribution in [0.4, 0.5) is 48.3 Å². The first-order chi connectivity index (χ1) is 20.2. The maximum Gasteiger partial charge on any atom is 0.458 e. The molecule has 0 radical (unpaired) electrons. The van der Waals surface area contributed by atoms with Gasteiger partial charge in [0.1, 0.15) is 7.31 Å². The summed E-state index contributed by atoms with van der Waals surface area (Å²) in [5.74, 6) is -6.37. The van der Waals surface area contributed by atoms with Crippen LogP contribution in [0, 0.1) is 0 Å². The summed E-state index contributed by atoms with van der Waals surface area (Å²) in [6.07, 6.45) is -15.1. The Morgan fingerprint density at radius 1 is 0.711 bits per heavy atom. The van der Waals surface area contributed by atoms with Gasteiger partial charge < -0.3 is 0 Å². The minimum Gasteiger partial charge on any atom is -0.227 e. The molecule has 0 amide bonds. The van der Waals surface area contributed by atoms with E-state index in [4.69, 9.17) is 0 Å². The average molecular weight is 893 g/mol. The van der Waals surface area contributed by atoms with Crippen LogP contribution in [0.3, 0.4) is 0 Å². The molecule has 0 fully saturated rings. The van der Waals surface area contributed by atoms with Crippen LogP contribution < -0.4 is 0 Å². The van der Waals surface area contributed by atoms with Gasteiger partial charge in [-0.25, -0.2) is 8.42 Å². The SMILES string of the molecule is C=CC(Br)(Cc1ccc(C(F)(F)C(F)(F)F)cc1)S(=O)(=O)CCC(F)(F)F.C=CC(Br)(SCCC(F)(F)F)c1ccc(Br)cc1. The van der Waals surface area contributed by atoms with E-state index in [1.807, 2.05) is 24.3 Å². The zero-order chi connectivity index (χ0) is 35.1. The molecule has 45 heavy (non-hydrogen) atoms. The highest BCUT2D eigenvalue weighted by molar-refractivity contribution is 9.12. The van der Waals surface area contributed by atoms with E-state index in [1.165, 1.54) is 11.8 Å². The van der Waals surface area contributed by atoms with Gasteiger partial charge in [-0.1, -0.05) is 96.3 Å². The molecule has 0 aliphatic carbocycles. The van der Waals surface area contributed by atoms with Crippen molar-refractivity contribution in [3.8, 4) is 0 Å². The second kappa shape index (κ2) is 15.9. The van der Waals surface area contributed by atoms with Gasteiger partial charge in [0.15, 0.2) is 9.84 Å².